The molecule has 2 amide bonds. The van der Waals surface area contributed by atoms with Gasteiger partial charge in [0.25, 0.3) is 5.91 Å². The fourth-order valence-electron chi connectivity index (χ4n) is 2.54. The maximum absolute atomic E-state index is 12.4. The quantitative estimate of drug-likeness (QED) is 0.840. The van der Waals surface area contributed by atoms with Crippen LogP contribution in [0.5, 0.6) is 0 Å². The molecule has 23 heavy (non-hydrogen) atoms. The molecule has 0 aliphatic carbocycles. The molecule has 0 spiro atoms. The second kappa shape index (κ2) is 10.4. The highest BCUT2D eigenvalue weighted by atomic mass is 35.5. The molecule has 0 aromatic carbocycles. The standard InChI is InChI=1S/C15H22N4O2.2ClH/c1-11-4-2-6-13(18-11)15(21)19-9-3-5-12(10-19)14(20)17-8-7-16;;/h2,4,6,12H,3,5,7-10,16H2,1H3,(H,17,20);2*1H. The summed E-state index contributed by atoms with van der Waals surface area (Å²) in [4.78, 5) is 30.4. The number of nitrogens with two attached hydrogens (primary N) is 1. The van der Waals surface area contributed by atoms with E-state index < -0.39 is 0 Å². The van der Waals surface area contributed by atoms with Crippen LogP contribution in [0.4, 0.5) is 0 Å². The summed E-state index contributed by atoms with van der Waals surface area (Å²) in [6, 6.07) is 5.40. The first-order valence-electron chi connectivity index (χ1n) is 7.32. The van der Waals surface area contributed by atoms with Gasteiger partial charge in [0, 0.05) is 31.9 Å². The molecule has 130 valence electrons. The van der Waals surface area contributed by atoms with Crippen LogP contribution in [0.15, 0.2) is 18.2 Å². The van der Waals surface area contributed by atoms with Gasteiger partial charge < -0.3 is 16.0 Å². The highest BCUT2D eigenvalue weighted by molar-refractivity contribution is 5.93. The van der Waals surface area contributed by atoms with Crippen LogP contribution in [0.25, 0.3) is 0 Å². The predicted molar refractivity (Wildman–Crippen MR) is 94.2 cm³/mol. The topological polar surface area (TPSA) is 88.3 Å². The lowest BCUT2D eigenvalue weighted by molar-refractivity contribution is -0.126. The number of hydrogen-bond donors (Lipinski definition) is 2. The van der Waals surface area contributed by atoms with E-state index in [1.54, 1.807) is 11.0 Å². The number of likely N-dealkylation sites (tertiary alicyclic amines) is 1. The lowest BCUT2D eigenvalue weighted by atomic mass is 9.97. The monoisotopic (exact) mass is 362 g/mol. The van der Waals surface area contributed by atoms with Crippen molar-refractivity contribution >= 4 is 36.6 Å². The molecule has 1 aliphatic heterocycles. The van der Waals surface area contributed by atoms with Crippen molar-refractivity contribution in [1.82, 2.24) is 15.2 Å². The van der Waals surface area contributed by atoms with Gasteiger partial charge in [-0.05, 0) is 31.9 Å². The van der Waals surface area contributed by atoms with Crippen LogP contribution in [0.2, 0.25) is 0 Å². The molecule has 0 radical (unpaired) electrons. The third kappa shape index (κ3) is 5.97. The molecular weight excluding hydrogens is 339 g/mol. The predicted octanol–water partition coefficient (Wildman–Crippen LogP) is 1.16. The van der Waals surface area contributed by atoms with Gasteiger partial charge in [0.05, 0.1) is 5.92 Å². The Morgan fingerprint density at radius 1 is 1.39 bits per heavy atom. The summed E-state index contributed by atoms with van der Waals surface area (Å²) in [6.07, 6.45) is 1.64. The van der Waals surface area contributed by atoms with Gasteiger partial charge in [-0.1, -0.05) is 6.07 Å². The van der Waals surface area contributed by atoms with E-state index in [0.29, 0.717) is 31.9 Å². The number of piperidine rings is 1. The highest BCUT2D eigenvalue weighted by Crippen LogP contribution is 2.18. The SMILES string of the molecule is Cc1cccc(C(=O)N2CCCC(C(=O)NCCN)C2)n1.Cl.Cl. The minimum absolute atomic E-state index is 0. The summed E-state index contributed by atoms with van der Waals surface area (Å²) in [5, 5.41) is 2.79. The summed E-state index contributed by atoms with van der Waals surface area (Å²) >= 11 is 0. The van der Waals surface area contributed by atoms with Gasteiger partial charge in [0.1, 0.15) is 5.69 Å². The zero-order valence-corrected chi connectivity index (χ0v) is 14.8. The molecule has 3 N–H and O–H groups in total. The molecule has 2 heterocycles. The molecule has 6 nitrogen and oxygen atoms in total. The summed E-state index contributed by atoms with van der Waals surface area (Å²) in [5.41, 5.74) is 6.64. The van der Waals surface area contributed by atoms with Gasteiger partial charge in [-0.25, -0.2) is 4.98 Å². The number of aromatic nitrogens is 1. The van der Waals surface area contributed by atoms with Gasteiger partial charge in [-0.15, -0.1) is 24.8 Å². The highest BCUT2D eigenvalue weighted by Gasteiger charge is 2.29. The number of carbonyl (C=O) groups excluding carboxylic acids is 2. The maximum Gasteiger partial charge on any atom is 0.272 e. The van der Waals surface area contributed by atoms with Crippen molar-refractivity contribution in [2.45, 2.75) is 19.8 Å². The van der Waals surface area contributed by atoms with E-state index in [-0.39, 0.29) is 42.5 Å². The first-order chi connectivity index (χ1) is 10.1. The van der Waals surface area contributed by atoms with Crippen molar-refractivity contribution in [2.24, 2.45) is 11.7 Å². The van der Waals surface area contributed by atoms with Crippen molar-refractivity contribution in [3.63, 3.8) is 0 Å². The Hall–Kier alpha value is -1.37. The summed E-state index contributed by atoms with van der Waals surface area (Å²) in [5.74, 6) is -0.274. The Morgan fingerprint density at radius 2 is 2.13 bits per heavy atom. The summed E-state index contributed by atoms with van der Waals surface area (Å²) in [6.45, 7) is 3.88. The Kier molecular flexibility index (Phi) is 9.79. The van der Waals surface area contributed by atoms with Gasteiger partial charge in [0.2, 0.25) is 5.91 Å². The molecule has 1 aromatic rings. The molecular formula is C15H24Cl2N4O2. The van der Waals surface area contributed by atoms with E-state index in [1.165, 1.54) is 0 Å². The number of halogens is 2. The van der Waals surface area contributed by atoms with Gasteiger partial charge in [-0.2, -0.15) is 0 Å². The average Bonchev–Trinajstić information content (AvgIpc) is 2.52. The van der Waals surface area contributed by atoms with Crippen molar-refractivity contribution in [2.75, 3.05) is 26.2 Å². The van der Waals surface area contributed by atoms with Crippen molar-refractivity contribution in [1.29, 1.82) is 0 Å². The number of aryl methyl sites for hydroxylation is 1. The molecule has 1 atom stereocenters. The van der Waals surface area contributed by atoms with E-state index in [0.717, 1.165) is 18.5 Å². The first-order valence-corrected chi connectivity index (χ1v) is 7.32. The van der Waals surface area contributed by atoms with Crippen LogP contribution in [-0.2, 0) is 4.79 Å². The number of pyridine rings is 1. The first kappa shape index (κ1) is 21.6. The molecule has 8 heteroatoms. The largest absolute Gasteiger partial charge is 0.355 e. The van der Waals surface area contributed by atoms with Crippen LogP contribution >= 0.6 is 24.8 Å². The molecule has 2 rings (SSSR count). The Bertz CT molecular complexity index is 528. The minimum Gasteiger partial charge on any atom is -0.355 e. The van der Waals surface area contributed by atoms with Crippen molar-refractivity contribution in [3.8, 4) is 0 Å². The number of carbonyl (C=O) groups is 2. The lowest BCUT2D eigenvalue weighted by Gasteiger charge is -2.31. The average molecular weight is 363 g/mol. The third-order valence-corrected chi connectivity index (χ3v) is 3.63. The van der Waals surface area contributed by atoms with E-state index >= 15 is 0 Å². The van der Waals surface area contributed by atoms with Crippen LogP contribution in [0.1, 0.15) is 29.0 Å². The normalized spacial score (nSPS) is 16.8. The smallest absolute Gasteiger partial charge is 0.272 e. The molecule has 0 saturated carbocycles. The van der Waals surface area contributed by atoms with E-state index in [9.17, 15) is 9.59 Å². The van der Waals surface area contributed by atoms with E-state index in [4.69, 9.17) is 5.73 Å². The second-order valence-electron chi connectivity index (χ2n) is 5.33. The molecule has 0 bridgehead atoms. The zero-order chi connectivity index (χ0) is 15.2. The molecule has 1 aliphatic rings. The fourth-order valence-corrected chi connectivity index (χ4v) is 2.54. The maximum atomic E-state index is 12.4. The van der Waals surface area contributed by atoms with E-state index in [1.807, 2.05) is 19.1 Å². The Morgan fingerprint density at radius 3 is 2.78 bits per heavy atom. The number of nitrogens with one attached hydrogen (secondary N) is 1. The zero-order valence-electron chi connectivity index (χ0n) is 13.2. The van der Waals surface area contributed by atoms with Crippen molar-refractivity contribution in [3.05, 3.63) is 29.6 Å². The van der Waals surface area contributed by atoms with E-state index in [2.05, 4.69) is 10.3 Å². The number of hydrogen-bond acceptors (Lipinski definition) is 4. The van der Waals surface area contributed by atoms with Gasteiger partial charge >= 0.3 is 0 Å². The molecule has 1 saturated heterocycles. The number of rotatable bonds is 4. The number of nitrogens with zero attached hydrogens (tertiary/aromatic N) is 2. The van der Waals surface area contributed by atoms with Gasteiger partial charge in [0.15, 0.2) is 0 Å². The second-order valence-corrected chi connectivity index (χ2v) is 5.33. The molecule has 1 aromatic heterocycles. The minimum atomic E-state index is -0.154. The fraction of sp³-hybridized carbons (Fsp3) is 0.533. The summed E-state index contributed by atoms with van der Waals surface area (Å²) in [7, 11) is 0. The molecule has 1 unspecified atom stereocenters. The number of amides is 2. The van der Waals surface area contributed by atoms with Crippen molar-refractivity contribution < 1.29 is 9.59 Å². The van der Waals surface area contributed by atoms with Crippen LogP contribution in [0, 0.1) is 12.8 Å². The Labute approximate surface area is 149 Å². The Balaban J connectivity index is 0.00000242. The summed E-state index contributed by atoms with van der Waals surface area (Å²) < 4.78 is 0. The van der Waals surface area contributed by atoms with Gasteiger partial charge in [-0.3, -0.25) is 9.59 Å². The molecule has 1 fully saturated rings. The van der Waals surface area contributed by atoms with Crippen LogP contribution < -0.4 is 11.1 Å². The van der Waals surface area contributed by atoms with Crippen LogP contribution in [0.3, 0.4) is 0 Å². The van der Waals surface area contributed by atoms with Crippen LogP contribution in [-0.4, -0.2) is 47.9 Å². The lowest BCUT2D eigenvalue weighted by Crippen LogP contribution is -2.46. The third-order valence-electron chi connectivity index (χ3n) is 3.63.